The van der Waals surface area contributed by atoms with Crippen molar-refractivity contribution >= 4 is 17.5 Å². The van der Waals surface area contributed by atoms with Gasteiger partial charge in [0.05, 0.1) is 11.6 Å². The topological polar surface area (TPSA) is 64.9 Å². The Morgan fingerprint density at radius 1 is 1.42 bits per heavy atom. The fourth-order valence-corrected chi connectivity index (χ4v) is 1.99. The molecular weight excluding hydrogens is 262 g/mol. The number of carbonyl (C=O) groups excluding carboxylic acids is 1. The first-order valence-electron chi connectivity index (χ1n) is 6.37. The molecule has 1 saturated carbocycles. The van der Waals surface area contributed by atoms with Crippen LogP contribution in [0.1, 0.15) is 24.0 Å². The van der Waals surface area contributed by atoms with Crippen LogP contribution in [-0.2, 0) is 11.3 Å². The van der Waals surface area contributed by atoms with Gasteiger partial charge in [-0.3, -0.25) is 4.79 Å². The van der Waals surface area contributed by atoms with Crippen LogP contribution in [0.3, 0.4) is 0 Å². The molecule has 0 saturated heterocycles. The summed E-state index contributed by atoms with van der Waals surface area (Å²) >= 11 is 6.06. The van der Waals surface area contributed by atoms with Crippen molar-refractivity contribution in [3.05, 3.63) is 34.3 Å². The van der Waals surface area contributed by atoms with Crippen LogP contribution in [0.5, 0.6) is 0 Å². The van der Waals surface area contributed by atoms with Gasteiger partial charge in [-0.15, -0.1) is 0 Å². The second-order valence-corrected chi connectivity index (χ2v) is 5.07. The molecule has 2 rings (SSSR count). The monoisotopic (exact) mass is 277 g/mol. The van der Waals surface area contributed by atoms with Crippen LogP contribution in [0.25, 0.3) is 0 Å². The number of hydrogen-bond acceptors (Lipinski definition) is 3. The lowest BCUT2D eigenvalue weighted by atomic mass is 10.1. The summed E-state index contributed by atoms with van der Waals surface area (Å²) in [5.41, 5.74) is 1.51. The Morgan fingerprint density at radius 2 is 2.21 bits per heavy atom. The third-order valence-electron chi connectivity index (χ3n) is 3.05. The summed E-state index contributed by atoms with van der Waals surface area (Å²) in [4.78, 5) is 11.4. The molecule has 4 nitrogen and oxygen atoms in total. The molecule has 0 bridgehead atoms. The second kappa shape index (κ2) is 6.55. The van der Waals surface area contributed by atoms with Gasteiger partial charge in [-0.05, 0) is 30.5 Å². The van der Waals surface area contributed by atoms with E-state index in [0.717, 1.165) is 18.4 Å². The van der Waals surface area contributed by atoms with E-state index in [1.165, 1.54) is 0 Å². The van der Waals surface area contributed by atoms with Crippen LogP contribution in [0.2, 0.25) is 5.02 Å². The van der Waals surface area contributed by atoms with Crippen LogP contribution in [0.15, 0.2) is 18.2 Å². The summed E-state index contributed by atoms with van der Waals surface area (Å²) in [6.45, 7) is 1.96. The van der Waals surface area contributed by atoms with Crippen LogP contribution in [0, 0.1) is 17.2 Å². The van der Waals surface area contributed by atoms with Gasteiger partial charge in [-0.2, -0.15) is 5.26 Å². The van der Waals surface area contributed by atoms with Gasteiger partial charge in [0.2, 0.25) is 5.91 Å². The Kier molecular flexibility index (Phi) is 4.78. The number of benzene rings is 1. The van der Waals surface area contributed by atoms with E-state index in [1.54, 1.807) is 12.1 Å². The molecule has 0 heterocycles. The Morgan fingerprint density at radius 3 is 2.84 bits per heavy atom. The fourth-order valence-electron chi connectivity index (χ4n) is 1.75. The SMILES string of the molecule is N#Cc1ccc(CNCCNC(=O)C2CC2)c(Cl)c1. The zero-order valence-corrected chi connectivity index (χ0v) is 11.3. The lowest BCUT2D eigenvalue weighted by Gasteiger charge is -2.08. The molecular formula is C14H16ClN3O. The first kappa shape index (κ1) is 13.9. The van der Waals surface area contributed by atoms with Crippen LogP contribution in [0.4, 0.5) is 0 Å². The number of nitrogens with one attached hydrogen (secondary N) is 2. The molecule has 1 amide bonds. The van der Waals surface area contributed by atoms with E-state index >= 15 is 0 Å². The molecule has 1 aliphatic carbocycles. The molecule has 5 heteroatoms. The van der Waals surface area contributed by atoms with E-state index in [0.29, 0.717) is 30.2 Å². The Labute approximate surface area is 117 Å². The Bertz CT molecular complexity index is 506. The zero-order valence-electron chi connectivity index (χ0n) is 10.6. The zero-order chi connectivity index (χ0) is 13.7. The highest BCUT2D eigenvalue weighted by atomic mass is 35.5. The molecule has 19 heavy (non-hydrogen) atoms. The minimum Gasteiger partial charge on any atom is -0.355 e. The van der Waals surface area contributed by atoms with Crippen molar-refractivity contribution in [2.75, 3.05) is 13.1 Å². The molecule has 0 aromatic heterocycles. The first-order chi connectivity index (χ1) is 9.20. The van der Waals surface area contributed by atoms with E-state index in [1.807, 2.05) is 12.1 Å². The molecule has 1 aliphatic rings. The summed E-state index contributed by atoms with van der Waals surface area (Å²) in [6.07, 6.45) is 2.06. The van der Waals surface area contributed by atoms with Crippen LogP contribution in [-0.4, -0.2) is 19.0 Å². The highest BCUT2D eigenvalue weighted by molar-refractivity contribution is 6.31. The van der Waals surface area contributed by atoms with Crippen molar-refractivity contribution in [1.29, 1.82) is 5.26 Å². The summed E-state index contributed by atoms with van der Waals surface area (Å²) in [5, 5.41) is 15.4. The summed E-state index contributed by atoms with van der Waals surface area (Å²) < 4.78 is 0. The molecule has 2 N–H and O–H groups in total. The van der Waals surface area contributed by atoms with Crippen molar-refractivity contribution in [1.82, 2.24) is 10.6 Å². The molecule has 100 valence electrons. The van der Waals surface area contributed by atoms with Gasteiger partial charge >= 0.3 is 0 Å². The van der Waals surface area contributed by atoms with Crippen molar-refractivity contribution in [3.63, 3.8) is 0 Å². The molecule has 0 atom stereocenters. The first-order valence-corrected chi connectivity index (χ1v) is 6.75. The highest BCUT2D eigenvalue weighted by Crippen LogP contribution is 2.28. The average Bonchev–Trinajstić information content (AvgIpc) is 3.24. The minimum absolute atomic E-state index is 0.165. The summed E-state index contributed by atoms with van der Waals surface area (Å²) in [7, 11) is 0. The van der Waals surface area contributed by atoms with Gasteiger partial charge in [0, 0.05) is 30.6 Å². The van der Waals surface area contributed by atoms with Gasteiger partial charge < -0.3 is 10.6 Å². The maximum atomic E-state index is 11.4. The predicted molar refractivity (Wildman–Crippen MR) is 73.6 cm³/mol. The van der Waals surface area contributed by atoms with E-state index in [4.69, 9.17) is 16.9 Å². The lowest BCUT2D eigenvalue weighted by molar-refractivity contribution is -0.122. The van der Waals surface area contributed by atoms with Crippen molar-refractivity contribution in [3.8, 4) is 6.07 Å². The number of nitrogens with zero attached hydrogens (tertiary/aromatic N) is 1. The Balaban J connectivity index is 1.67. The number of carbonyl (C=O) groups is 1. The van der Waals surface area contributed by atoms with E-state index < -0.39 is 0 Å². The fraction of sp³-hybridized carbons (Fsp3) is 0.429. The van der Waals surface area contributed by atoms with Crippen LogP contribution < -0.4 is 10.6 Å². The number of hydrogen-bond donors (Lipinski definition) is 2. The minimum atomic E-state index is 0.165. The van der Waals surface area contributed by atoms with Crippen molar-refractivity contribution in [2.24, 2.45) is 5.92 Å². The molecule has 1 aromatic carbocycles. The molecule has 0 aliphatic heterocycles. The number of nitriles is 1. The standard InChI is InChI=1S/C14H16ClN3O/c15-13-7-10(8-16)1-2-12(13)9-17-5-6-18-14(19)11-3-4-11/h1-2,7,11,17H,3-6,9H2,(H,18,19). The molecule has 1 aromatic rings. The van der Waals surface area contributed by atoms with Gasteiger partial charge in [-0.25, -0.2) is 0 Å². The third kappa shape index (κ3) is 4.23. The molecule has 0 unspecified atom stereocenters. The third-order valence-corrected chi connectivity index (χ3v) is 3.40. The number of rotatable bonds is 6. The van der Waals surface area contributed by atoms with Crippen molar-refractivity contribution < 1.29 is 4.79 Å². The largest absolute Gasteiger partial charge is 0.355 e. The van der Waals surface area contributed by atoms with Gasteiger partial charge in [-0.1, -0.05) is 17.7 Å². The van der Waals surface area contributed by atoms with Crippen molar-refractivity contribution in [2.45, 2.75) is 19.4 Å². The molecule has 0 spiro atoms. The van der Waals surface area contributed by atoms with Gasteiger partial charge in [0.15, 0.2) is 0 Å². The lowest BCUT2D eigenvalue weighted by Crippen LogP contribution is -2.32. The van der Waals surface area contributed by atoms with Gasteiger partial charge in [0.1, 0.15) is 0 Å². The van der Waals surface area contributed by atoms with Gasteiger partial charge in [0.25, 0.3) is 0 Å². The summed E-state index contributed by atoms with van der Waals surface area (Å²) in [5.74, 6) is 0.422. The number of amides is 1. The average molecular weight is 278 g/mol. The second-order valence-electron chi connectivity index (χ2n) is 4.66. The smallest absolute Gasteiger partial charge is 0.223 e. The molecule has 0 radical (unpaired) electrons. The van der Waals surface area contributed by atoms with Crippen LogP contribution >= 0.6 is 11.6 Å². The number of halogens is 1. The van der Waals surface area contributed by atoms with E-state index in [2.05, 4.69) is 10.6 Å². The summed E-state index contributed by atoms with van der Waals surface area (Å²) in [6, 6.07) is 7.30. The maximum absolute atomic E-state index is 11.4. The maximum Gasteiger partial charge on any atom is 0.223 e. The predicted octanol–water partition coefficient (Wildman–Crippen LogP) is 1.83. The molecule has 1 fully saturated rings. The normalized spacial score (nSPS) is 13.9. The Hall–Kier alpha value is -1.57. The quantitative estimate of drug-likeness (QED) is 0.780. The van der Waals surface area contributed by atoms with E-state index in [9.17, 15) is 4.79 Å². The van der Waals surface area contributed by atoms with E-state index in [-0.39, 0.29) is 11.8 Å². The highest BCUT2D eigenvalue weighted by Gasteiger charge is 2.28.